The maximum absolute atomic E-state index is 14.1. The minimum Gasteiger partial charge on any atom is -0.497 e. The van der Waals surface area contributed by atoms with E-state index in [4.69, 9.17) is 18.9 Å². The van der Waals surface area contributed by atoms with Crippen LogP contribution in [0.25, 0.3) is 0 Å². The van der Waals surface area contributed by atoms with Crippen LogP contribution in [0.1, 0.15) is 40.7 Å². The van der Waals surface area contributed by atoms with E-state index in [-0.39, 0.29) is 29.3 Å². The number of carbonyl (C=O) groups excluding carboxylic acids is 1. The lowest BCUT2D eigenvalue weighted by Gasteiger charge is -2.29. The summed E-state index contributed by atoms with van der Waals surface area (Å²) in [6.45, 7) is 0.592. The maximum atomic E-state index is 14.1. The molecule has 4 rings (SSSR count). The molecular weight excluding hydrogens is 496 g/mol. The van der Waals surface area contributed by atoms with Gasteiger partial charge < -0.3 is 18.9 Å². The summed E-state index contributed by atoms with van der Waals surface area (Å²) in [5.41, 5.74) is 1.44. The number of hydrogen-bond donors (Lipinski definition) is 0. The molecule has 196 valence electrons. The minimum absolute atomic E-state index is 0.0411. The van der Waals surface area contributed by atoms with Crippen LogP contribution in [0.4, 0.5) is 5.69 Å². The molecule has 1 saturated heterocycles. The first-order valence-electron chi connectivity index (χ1n) is 11.9. The van der Waals surface area contributed by atoms with Crippen molar-refractivity contribution in [1.29, 1.82) is 0 Å². The highest BCUT2D eigenvalue weighted by Crippen LogP contribution is 2.34. The second kappa shape index (κ2) is 12.2. The lowest BCUT2D eigenvalue weighted by atomic mass is 10.1. The van der Waals surface area contributed by atoms with Gasteiger partial charge in [-0.15, -0.1) is 0 Å². The molecule has 37 heavy (non-hydrogen) atoms. The molecule has 1 unspecified atom stereocenters. The zero-order valence-electron chi connectivity index (χ0n) is 20.8. The number of ether oxygens (including phenoxy) is 4. The van der Waals surface area contributed by atoms with Crippen LogP contribution in [0, 0.1) is 0 Å². The van der Waals surface area contributed by atoms with E-state index in [2.05, 4.69) is 4.98 Å². The van der Waals surface area contributed by atoms with Gasteiger partial charge in [0.15, 0.2) is 6.29 Å². The molecule has 2 heterocycles. The van der Waals surface area contributed by atoms with Crippen molar-refractivity contribution < 1.29 is 32.2 Å². The van der Waals surface area contributed by atoms with E-state index in [1.165, 1.54) is 30.7 Å². The number of carbonyl (C=O) groups is 1. The summed E-state index contributed by atoms with van der Waals surface area (Å²) in [5, 5.41) is 0. The number of anilines is 1. The summed E-state index contributed by atoms with van der Waals surface area (Å²) in [6.07, 6.45) is 5.50. The van der Waals surface area contributed by atoms with Crippen molar-refractivity contribution in [2.45, 2.75) is 43.6 Å². The van der Waals surface area contributed by atoms with Crippen LogP contribution in [0.15, 0.2) is 71.9 Å². The van der Waals surface area contributed by atoms with Gasteiger partial charge in [-0.3, -0.25) is 9.29 Å². The number of nitrogens with zero attached hydrogens (tertiary/aromatic N) is 2. The number of methoxy groups -OCH3 is 2. The molecule has 0 amide bonds. The fraction of sp³-hybridized carbons (Fsp3) is 0.333. The van der Waals surface area contributed by atoms with E-state index in [1.54, 1.807) is 54.9 Å². The summed E-state index contributed by atoms with van der Waals surface area (Å²) >= 11 is 0. The summed E-state index contributed by atoms with van der Waals surface area (Å²) < 4.78 is 51.3. The predicted molar refractivity (Wildman–Crippen MR) is 137 cm³/mol. The largest absolute Gasteiger partial charge is 0.497 e. The fourth-order valence-corrected chi connectivity index (χ4v) is 5.63. The number of esters is 1. The number of hydrogen-bond acceptors (Lipinski definition) is 8. The maximum Gasteiger partial charge on any atom is 0.340 e. The first kappa shape index (κ1) is 26.6. The number of para-hydroxylation sites is 1. The minimum atomic E-state index is -4.15. The molecule has 1 aliphatic rings. The molecule has 3 aromatic rings. The highest BCUT2D eigenvalue weighted by Gasteiger charge is 2.32. The van der Waals surface area contributed by atoms with Crippen molar-refractivity contribution in [1.82, 2.24) is 4.98 Å². The Kier molecular flexibility index (Phi) is 8.75. The number of benzene rings is 2. The van der Waals surface area contributed by atoms with Crippen LogP contribution in [0.3, 0.4) is 0 Å². The summed E-state index contributed by atoms with van der Waals surface area (Å²) in [6, 6.07) is 14.6. The second-order valence-electron chi connectivity index (χ2n) is 8.46. The fourth-order valence-electron chi connectivity index (χ4n) is 4.12. The van der Waals surface area contributed by atoms with Gasteiger partial charge in [0.05, 0.1) is 43.5 Å². The zero-order valence-corrected chi connectivity index (χ0v) is 21.6. The van der Waals surface area contributed by atoms with Gasteiger partial charge in [-0.2, -0.15) is 0 Å². The van der Waals surface area contributed by atoms with E-state index < -0.39 is 22.3 Å². The zero-order chi connectivity index (χ0) is 26.3. The van der Waals surface area contributed by atoms with Crippen molar-refractivity contribution in [3.05, 3.63) is 83.7 Å². The van der Waals surface area contributed by atoms with Crippen LogP contribution in [0.2, 0.25) is 0 Å². The molecule has 10 heteroatoms. The quantitative estimate of drug-likeness (QED) is 0.360. The molecule has 1 aromatic heterocycles. The van der Waals surface area contributed by atoms with Crippen molar-refractivity contribution in [2.75, 3.05) is 25.1 Å². The highest BCUT2D eigenvalue weighted by atomic mass is 32.2. The molecule has 2 aromatic carbocycles. The highest BCUT2D eigenvalue weighted by molar-refractivity contribution is 7.92. The van der Waals surface area contributed by atoms with Crippen LogP contribution >= 0.6 is 0 Å². The lowest BCUT2D eigenvalue weighted by molar-refractivity contribution is -0.168. The molecule has 1 atom stereocenters. The average molecular weight is 527 g/mol. The topological polar surface area (TPSA) is 104 Å². The molecular formula is C27H30N2O7S. The molecule has 9 nitrogen and oxygen atoms in total. The predicted octanol–water partition coefficient (Wildman–Crippen LogP) is 4.32. The van der Waals surface area contributed by atoms with Gasteiger partial charge >= 0.3 is 5.97 Å². The molecule has 0 saturated carbocycles. The molecule has 1 aliphatic heterocycles. The van der Waals surface area contributed by atoms with Gasteiger partial charge in [0.2, 0.25) is 0 Å². The molecule has 0 spiro atoms. The summed E-state index contributed by atoms with van der Waals surface area (Å²) in [5.74, 6) is -0.138. The smallest absolute Gasteiger partial charge is 0.340 e. The van der Waals surface area contributed by atoms with Gasteiger partial charge in [-0.1, -0.05) is 18.2 Å². The molecule has 0 bridgehead atoms. The number of rotatable bonds is 10. The first-order chi connectivity index (χ1) is 17.9. The number of sulfonamides is 1. The van der Waals surface area contributed by atoms with Crippen molar-refractivity contribution >= 4 is 21.7 Å². The van der Waals surface area contributed by atoms with Gasteiger partial charge in [-0.25, -0.2) is 13.2 Å². The average Bonchev–Trinajstić information content (AvgIpc) is 2.95. The Morgan fingerprint density at radius 1 is 1.08 bits per heavy atom. The summed E-state index contributed by atoms with van der Waals surface area (Å²) in [7, 11) is -1.39. The second-order valence-corrected chi connectivity index (χ2v) is 10.3. The molecule has 0 radical (unpaired) electrons. The third kappa shape index (κ3) is 6.27. The monoisotopic (exact) mass is 526 g/mol. The van der Waals surface area contributed by atoms with Crippen LogP contribution < -0.4 is 9.04 Å². The molecule has 1 fully saturated rings. The molecule has 0 N–H and O–H groups in total. The Morgan fingerprint density at radius 3 is 2.54 bits per heavy atom. The van der Waals surface area contributed by atoms with E-state index in [1.807, 2.05) is 0 Å². The van der Waals surface area contributed by atoms with Crippen molar-refractivity contribution in [3.8, 4) is 5.75 Å². The molecule has 0 aliphatic carbocycles. The Morgan fingerprint density at radius 2 is 1.89 bits per heavy atom. The SMILES string of the molecule is COC(=O)c1cccc(COC2CCCCO2)c1N(Cc1cccnc1)S(=O)(=O)c1ccc(OC)cc1. The van der Waals surface area contributed by atoms with Crippen LogP contribution in [0.5, 0.6) is 5.75 Å². The lowest BCUT2D eigenvalue weighted by Crippen LogP contribution is -2.33. The van der Waals surface area contributed by atoms with Crippen LogP contribution in [-0.2, 0) is 37.4 Å². The Labute approximate surface area is 217 Å². The van der Waals surface area contributed by atoms with E-state index in [0.29, 0.717) is 23.5 Å². The Balaban J connectivity index is 1.83. The van der Waals surface area contributed by atoms with Gasteiger partial charge in [0.1, 0.15) is 5.75 Å². The Bertz CT molecular complexity index is 1290. The van der Waals surface area contributed by atoms with E-state index in [9.17, 15) is 13.2 Å². The van der Waals surface area contributed by atoms with Gasteiger partial charge in [0, 0.05) is 24.6 Å². The van der Waals surface area contributed by atoms with Gasteiger partial charge in [-0.05, 0) is 61.2 Å². The summed E-state index contributed by atoms with van der Waals surface area (Å²) in [4.78, 5) is 17.0. The standard InChI is InChI=1S/C27H30N2O7S/c1-33-22-11-13-23(14-12-22)37(31,32)29(18-20-7-6-15-28-17-20)26-21(8-5-9-24(26)27(30)34-2)19-36-25-10-3-4-16-35-25/h5-9,11-15,17,25H,3-4,10,16,18-19H2,1-2H3. The normalized spacial score (nSPS) is 15.7. The number of pyridine rings is 1. The van der Waals surface area contributed by atoms with Crippen molar-refractivity contribution in [3.63, 3.8) is 0 Å². The third-order valence-corrected chi connectivity index (χ3v) is 7.79. The number of aromatic nitrogens is 1. The Hall–Kier alpha value is -3.47. The van der Waals surface area contributed by atoms with Gasteiger partial charge in [0.25, 0.3) is 10.0 Å². The first-order valence-corrected chi connectivity index (χ1v) is 13.4. The third-order valence-electron chi connectivity index (χ3n) is 6.03. The van der Waals surface area contributed by atoms with Crippen molar-refractivity contribution in [2.24, 2.45) is 0 Å². The van der Waals surface area contributed by atoms with E-state index >= 15 is 0 Å². The van der Waals surface area contributed by atoms with E-state index in [0.717, 1.165) is 19.3 Å². The van der Waals surface area contributed by atoms with Crippen LogP contribution in [-0.4, -0.2) is 46.5 Å².